The molecule has 1 spiro atoms. The highest BCUT2D eigenvalue weighted by molar-refractivity contribution is 5.75. The maximum Gasteiger partial charge on any atom is 0.315 e. The Hall–Kier alpha value is -1.27. The summed E-state index contributed by atoms with van der Waals surface area (Å²) in [4.78, 5) is 12.8. The molecule has 10 nitrogen and oxygen atoms in total. The molecule has 2 amide bonds. The summed E-state index contributed by atoms with van der Waals surface area (Å²) in [5.74, 6) is 3.14. The maximum absolute atomic E-state index is 12.8. The second-order valence-corrected chi connectivity index (χ2v) is 18.4. The molecule has 3 saturated heterocycles. The predicted octanol–water partition coefficient (Wildman–Crippen LogP) is 4.64. The second kappa shape index (κ2) is 12.4. The molecule has 0 aromatic heterocycles. The Bertz CT molecular complexity index is 1250. The van der Waals surface area contributed by atoms with Gasteiger partial charge in [0.2, 0.25) is 0 Å². The Kier molecular flexibility index (Phi) is 9.12. The lowest BCUT2D eigenvalue weighted by atomic mass is 9.47. The third-order valence-corrected chi connectivity index (χ3v) is 14.3. The number of carbonyl (C=O) groups excluding carboxylic acids is 1. The lowest BCUT2D eigenvalue weighted by Gasteiger charge is -2.58. The van der Waals surface area contributed by atoms with Gasteiger partial charge in [0, 0.05) is 17.9 Å². The van der Waals surface area contributed by atoms with Crippen molar-refractivity contribution in [1.82, 2.24) is 10.6 Å². The van der Waals surface area contributed by atoms with E-state index in [9.17, 15) is 20.1 Å². The normalized spacial score (nSPS) is 51.7. The molecule has 0 bridgehead atoms. The lowest BCUT2D eigenvalue weighted by molar-refractivity contribution is -0.283. The number of carbonyl (C=O) groups is 1. The van der Waals surface area contributed by atoms with E-state index in [0.717, 1.165) is 45.1 Å². The zero-order valence-corrected chi connectivity index (χ0v) is 30.2. The topological polar surface area (TPSA) is 139 Å². The van der Waals surface area contributed by atoms with E-state index in [2.05, 4.69) is 44.4 Å². The molecule has 3 heterocycles. The van der Waals surface area contributed by atoms with Crippen LogP contribution in [-0.4, -0.2) is 88.7 Å². The van der Waals surface area contributed by atoms with Crippen molar-refractivity contribution in [1.29, 1.82) is 0 Å². The molecule has 3 saturated carbocycles. The van der Waals surface area contributed by atoms with Crippen molar-refractivity contribution in [3.8, 4) is 0 Å². The van der Waals surface area contributed by atoms with Gasteiger partial charge in [-0.15, -0.1) is 0 Å². The second-order valence-electron chi connectivity index (χ2n) is 18.4. The number of aliphatic hydroxyl groups excluding tert-OH is 3. The molecule has 0 aromatic carbocycles. The minimum Gasteiger partial charge on any atom is -0.394 e. The van der Waals surface area contributed by atoms with E-state index in [1.165, 1.54) is 24.8 Å². The smallest absolute Gasteiger partial charge is 0.315 e. The first-order chi connectivity index (χ1) is 22.6. The van der Waals surface area contributed by atoms with Crippen molar-refractivity contribution in [2.24, 2.45) is 46.3 Å². The van der Waals surface area contributed by atoms with Gasteiger partial charge < -0.3 is 44.9 Å². The Morgan fingerprint density at radius 3 is 2.52 bits per heavy atom. The molecule has 6 fully saturated rings. The molecule has 5 N–H and O–H groups in total. The first-order valence-electron chi connectivity index (χ1n) is 19.0. The summed E-state index contributed by atoms with van der Waals surface area (Å²) in [6, 6.07) is -1.47. The van der Waals surface area contributed by atoms with Crippen molar-refractivity contribution < 1.29 is 39.1 Å². The Balaban J connectivity index is 1.04. The van der Waals surface area contributed by atoms with Gasteiger partial charge in [0.15, 0.2) is 12.1 Å². The zero-order valence-electron chi connectivity index (χ0n) is 30.2. The first kappa shape index (κ1) is 35.1. The number of fused-ring (bicyclic) bond motifs is 7. The van der Waals surface area contributed by atoms with Crippen molar-refractivity contribution in [2.45, 2.75) is 160 Å². The number of urea groups is 1. The van der Waals surface area contributed by atoms with Gasteiger partial charge in [0.1, 0.15) is 24.4 Å². The summed E-state index contributed by atoms with van der Waals surface area (Å²) in [5.41, 5.74) is 1.35. The van der Waals surface area contributed by atoms with E-state index in [4.69, 9.17) is 18.9 Å². The number of hydrogen-bond donors (Lipinski definition) is 5. The van der Waals surface area contributed by atoms with Crippen molar-refractivity contribution >= 4 is 6.03 Å². The molecule has 272 valence electrons. The first-order valence-corrected chi connectivity index (χ1v) is 19.0. The van der Waals surface area contributed by atoms with Gasteiger partial charge in [-0.3, -0.25) is 0 Å². The van der Waals surface area contributed by atoms with Crippen molar-refractivity contribution in [3.05, 3.63) is 11.6 Å². The molecule has 3 aliphatic heterocycles. The average molecular weight is 675 g/mol. The quantitative estimate of drug-likeness (QED) is 0.272. The molecule has 48 heavy (non-hydrogen) atoms. The van der Waals surface area contributed by atoms with Crippen LogP contribution in [0.1, 0.15) is 106 Å². The summed E-state index contributed by atoms with van der Waals surface area (Å²) >= 11 is 0. The number of rotatable bonds is 4. The van der Waals surface area contributed by atoms with Gasteiger partial charge in [-0.05, 0) is 113 Å². The van der Waals surface area contributed by atoms with E-state index in [0.29, 0.717) is 41.6 Å². The summed E-state index contributed by atoms with van der Waals surface area (Å²) in [6.45, 7) is 15.7. The molecular weight excluding hydrogens is 612 g/mol. The fraction of sp³-hybridized carbons (Fsp3) is 0.921. The molecular formula is C38H62N2O8. The Morgan fingerprint density at radius 2 is 1.83 bits per heavy atom. The number of aliphatic hydroxyl groups is 3. The molecule has 7 aliphatic rings. The summed E-state index contributed by atoms with van der Waals surface area (Å²) < 4.78 is 26.0. The average Bonchev–Trinajstić information content (AvgIpc) is 3.47. The van der Waals surface area contributed by atoms with Crippen LogP contribution in [-0.2, 0) is 18.9 Å². The maximum atomic E-state index is 12.8. The van der Waals surface area contributed by atoms with Crippen LogP contribution in [0.25, 0.3) is 0 Å². The van der Waals surface area contributed by atoms with E-state index >= 15 is 0 Å². The minimum absolute atomic E-state index is 0.110. The number of ether oxygens (including phenoxy) is 4. The van der Waals surface area contributed by atoms with Crippen molar-refractivity contribution in [2.75, 3.05) is 13.2 Å². The Morgan fingerprint density at radius 1 is 1.06 bits per heavy atom. The van der Waals surface area contributed by atoms with Gasteiger partial charge in [-0.2, -0.15) is 0 Å². The van der Waals surface area contributed by atoms with Gasteiger partial charge in [0.05, 0.1) is 25.4 Å². The van der Waals surface area contributed by atoms with Crippen LogP contribution in [0.15, 0.2) is 11.6 Å². The third kappa shape index (κ3) is 5.77. The molecule has 7 rings (SSSR count). The number of amides is 2. The molecule has 10 heteroatoms. The predicted molar refractivity (Wildman–Crippen MR) is 180 cm³/mol. The van der Waals surface area contributed by atoms with E-state index < -0.39 is 48.8 Å². The monoisotopic (exact) mass is 674 g/mol. The van der Waals surface area contributed by atoms with Gasteiger partial charge in [0.25, 0.3) is 0 Å². The summed E-state index contributed by atoms with van der Waals surface area (Å²) in [7, 11) is 0. The molecule has 4 aliphatic carbocycles. The standard InChI is InChI=1S/C38H62N2O8/c1-20-10-15-38(45-19-20)21(2)29-27(48-38)17-26-24-9-8-22-16-23(11-13-36(22,6)25(24)12-14-37(26,29)7)46-33-30(39-34(44)40-35(3,4)5)32(43)31(42)28(18-41)47-33/h8,20-21,23-33,41-43H,9-19H2,1-7H3,(H2,39,40,44)/t20-,21+,23+,24-,25+,26+,27+,28-,29+,30-,31-,32-,33-,36+,37+,38-/m1/s1. The van der Waals surface area contributed by atoms with Crippen LogP contribution in [0.2, 0.25) is 0 Å². The van der Waals surface area contributed by atoms with Crippen LogP contribution >= 0.6 is 0 Å². The van der Waals surface area contributed by atoms with Crippen LogP contribution in [0.3, 0.4) is 0 Å². The fourth-order valence-corrected chi connectivity index (χ4v) is 11.8. The number of hydrogen-bond acceptors (Lipinski definition) is 8. The summed E-state index contributed by atoms with van der Waals surface area (Å²) in [5, 5.41) is 37.1. The SMILES string of the molecule is C[C@@H]1CC[C@@]2(OC1)O[C@H]1C[C@H]3[C@@H]4CC=C5C[C@@H](O[C@@H]6O[C@H](CO)[C@@H](O)[C@H](O)[C@H]6NC(=O)NC(C)(C)C)CC[C@]5(C)[C@H]4CC[C@]3(C)[C@H]1[C@@H]2C. The van der Waals surface area contributed by atoms with Crippen molar-refractivity contribution in [3.63, 3.8) is 0 Å². The van der Waals surface area contributed by atoms with E-state index in [1.807, 2.05) is 20.8 Å². The highest BCUT2D eigenvalue weighted by Crippen LogP contribution is 2.70. The van der Waals surface area contributed by atoms with E-state index in [-0.39, 0.29) is 22.7 Å². The lowest BCUT2D eigenvalue weighted by Crippen LogP contribution is -2.66. The molecule has 0 unspecified atom stereocenters. The van der Waals surface area contributed by atoms with E-state index in [1.54, 1.807) is 0 Å². The van der Waals surface area contributed by atoms with Gasteiger partial charge in [-0.25, -0.2) is 4.79 Å². The van der Waals surface area contributed by atoms with Crippen LogP contribution in [0.5, 0.6) is 0 Å². The van der Waals surface area contributed by atoms with Gasteiger partial charge in [-0.1, -0.05) is 39.3 Å². The third-order valence-electron chi connectivity index (χ3n) is 14.3. The van der Waals surface area contributed by atoms with Crippen LogP contribution < -0.4 is 10.6 Å². The molecule has 0 aromatic rings. The molecule has 0 radical (unpaired) electrons. The highest BCUT2D eigenvalue weighted by Gasteiger charge is 2.68. The molecule has 16 atom stereocenters. The van der Waals surface area contributed by atoms with Gasteiger partial charge >= 0.3 is 6.03 Å². The Labute approximate surface area is 287 Å². The largest absolute Gasteiger partial charge is 0.394 e. The minimum atomic E-state index is -1.35. The number of allylic oxidation sites excluding steroid dienone is 1. The van der Waals surface area contributed by atoms with Crippen LogP contribution in [0, 0.1) is 46.3 Å². The zero-order chi connectivity index (χ0) is 34.4. The number of nitrogens with one attached hydrogen (secondary N) is 2. The highest BCUT2D eigenvalue weighted by atomic mass is 16.7. The summed E-state index contributed by atoms with van der Waals surface area (Å²) in [6.07, 6.45) is 7.47. The fourth-order valence-electron chi connectivity index (χ4n) is 11.8. The van der Waals surface area contributed by atoms with Crippen LogP contribution in [0.4, 0.5) is 4.79 Å².